The molecule has 0 bridgehead atoms. The van der Waals surface area contributed by atoms with Crippen molar-refractivity contribution in [2.45, 2.75) is 65.3 Å². The fourth-order valence-corrected chi connectivity index (χ4v) is 3.37. The third-order valence-corrected chi connectivity index (χ3v) is 5.09. The first-order chi connectivity index (χ1) is 13.0. The zero-order valence-electron chi connectivity index (χ0n) is 16.6. The number of benzene rings is 1. The van der Waals surface area contributed by atoms with Gasteiger partial charge in [0.2, 0.25) is 0 Å². The van der Waals surface area contributed by atoms with Gasteiger partial charge in [0.1, 0.15) is 17.4 Å². The average molecular weight is 370 g/mol. The van der Waals surface area contributed by atoms with E-state index in [4.69, 9.17) is 4.74 Å². The summed E-state index contributed by atoms with van der Waals surface area (Å²) in [6.07, 6.45) is 5.30. The molecular formula is C21H30N4O2. The van der Waals surface area contributed by atoms with Gasteiger partial charge in [0, 0.05) is 25.9 Å². The fourth-order valence-electron chi connectivity index (χ4n) is 3.37. The van der Waals surface area contributed by atoms with Crippen LogP contribution in [0.25, 0.3) is 0 Å². The van der Waals surface area contributed by atoms with E-state index in [0.29, 0.717) is 18.9 Å². The van der Waals surface area contributed by atoms with Gasteiger partial charge in [-0.3, -0.25) is 4.79 Å². The maximum absolute atomic E-state index is 12.1. The first-order valence-corrected chi connectivity index (χ1v) is 9.95. The monoisotopic (exact) mass is 370 g/mol. The highest BCUT2D eigenvalue weighted by Gasteiger charge is 2.14. The largest absolute Gasteiger partial charge is 0.483 e. The molecule has 0 saturated carbocycles. The van der Waals surface area contributed by atoms with Crippen LogP contribution < -0.4 is 10.1 Å². The van der Waals surface area contributed by atoms with Crippen molar-refractivity contribution in [2.75, 3.05) is 13.2 Å². The summed E-state index contributed by atoms with van der Waals surface area (Å²) in [6, 6.07) is 6.17. The predicted molar refractivity (Wildman–Crippen MR) is 105 cm³/mol. The minimum absolute atomic E-state index is 0.0281. The van der Waals surface area contributed by atoms with Crippen LogP contribution in [0.15, 0.2) is 18.2 Å². The second-order valence-corrected chi connectivity index (χ2v) is 7.56. The molecular weight excluding hydrogens is 340 g/mol. The van der Waals surface area contributed by atoms with Crippen LogP contribution >= 0.6 is 0 Å². The number of nitrogens with one attached hydrogen (secondary N) is 1. The molecule has 3 rings (SSSR count). The topological polar surface area (TPSA) is 69.0 Å². The molecule has 146 valence electrons. The number of aromatic nitrogens is 3. The second-order valence-electron chi connectivity index (χ2n) is 7.56. The van der Waals surface area contributed by atoms with Crippen molar-refractivity contribution in [2.24, 2.45) is 0 Å². The number of aryl methyl sites for hydroxylation is 2. The summed E-state index contributed by atoms with van der Waals surface area (Å²) in [5.74, 6) is 3.14. The summed E-state index contributed by atoms with van der Waals surface area (Å²) in [5, 5.41) is 11.5. The minimum atomic E-state index is -0.111. The Bertz CT molecular complexity index is 782. The minimum Gasteiger partial charge on any atom is -0.483 e. The predicted octanol–water partition coefficient (Wildman–Crippen LogP) is 3.17. The normalized spacial score (nSPS) is 13.9. The Morgan fingerprint density at radius 1 is 1.26 bits per heavy atom. The Labute approximate surface area is 161 Å². The lowest BCUT2D eigenvalue weighted by Gasteiger charge is -2.13. The van der Waals surface area contributed by atoms with Crippen LogP contribution in [-0.4, -0.2) is 33.8 Å². The molecule has 0 unspecified atom stereocenters. The molecule has 0 saturated heterocycles. The molecule has 27 heavy (non-hydrogen) atoms. The molecule has 1 aromatic heterocycles. The third-order valence-electron chi connectivity index (χ3n) is 5.09. The van der Waals surface area contributed by atoms with Crippen LogP contribution in [0.3, 0.4) is 0 Å². The fraction of sp³-hybridized carbons (Fsp3) is 0.571. The van der Waals surface area contributed by atoms with Crippen molar-refractivity contribution < 1.29 is 9.53 Å². The number of carbonyl (C=O) groups is 1. The Morgan fingerprint density at radius 3 is 2.93 bits per heavy atom. The van der Waals surface area contributed by atoms with Gasteiger partial charge in [-0.05, 0) is 42.9 Å². The molecule has 2 aromatic rings. The Morgan fingerprint density at radius 2 is 2.11 bits per heavy atom. The Hall–Kier alpha value is -2.37. The number of amides is 1. The van der Waals surface area contributed by atoms with Gasteiger partial charge in [-0.25, -0.2) is 0 Å². The number of fused-ring (bicyclic) bond motifs is 1. The lowest BCUT2D eigenvalue weighted by molar-refractivity contribution is -0.123. The number of carbonyl (C=O) groups excluding carboxylic acids is 1. The van der Waals surface area contributed by atoms with Crippen LogP contribution in [0.1, 0.15) is 61.8 Å². The van der Waals surface area contributed by atoms with Crippen molar-refractivity contribution in [3.8, 4) is 5.75 Å². The summed E-state index contributed by atoms with van der Waals surface area (Å²) in [6.45, 7) is 7.85. The Kier molecular flexibility index (Phi) is 6.48. The van der Waals surface area contributed by atoms with Crippen molar-refractivity contribution in [1.82, 2.24) is 20.1 Å². The quantitative estimate of drug-likeness (QED) is 0.813. The molecule has 0 atom stereocenters. The molecule has 1 amide bonds. The molecule has 1 aromatic carbocycles. The SMILES string of the molecule is Cc1ccc(C(C)C)cc1OCC(=O)NCCc1nnc2n1CCCCC2. The molecule has 0 spiro atoms. The number of hydrogen-bond acceptors (Lipinski definition) is 4. The van der Waals surface area contributed by atoms with Crippen LogP contribution in [0.4, 0.5) is 0 Å². The lowest BCUT2D eigenvalue weighted by atomic mass is 10.0. The van der Waals surface area contributed by atoms with E-state index >= 15 is 0 Å². The smallest absolute Gasteiger partial charge is 0.257 e. The molecule has 6 heteroatoms. The van der Waals surface area contributed by atoms with Crippen LogP contribution in [-0.2, 0) is 24.2 Å². The first kappa shape index (κ1) is 19.4. The molecule has 1 aliphatic rings. The average Bonchev–Trinajstić information content (AvgIpc) is 2.87. The summed E-state index contributed by atoms with van der Waals surface area (Å²) >= 11 is 0. The van der Waals surface area contributed by atoms with Crippen molar-refractivity contribution in [3.63, 3.8) is 0 Å². The first-order valence-electron chi connectivity index (χ1n) is 9.95. The van der Waals surface area contributed by atoms with E-state index in [9.17, 15) is 4.79 Å². The van der Waals surface area contributed by atoms with Crippen LogP contribution in [0, 0.1) is 6.92 Å². The Balaban J connectivity index is 1.47. The highest BCUT2D eigenvalue weighted by Crippen LogP contribution is 2.24. The lowest BCUT2D eigenvalue weighted by Crippen LogP contribution is -2.31. The summed E-state index contributed by atoms with van der Waals surface area (Å²) in [7, 11) is 0. The second kappa shape index (κ2) is 9.02. The van der Waals surface area contributed by atoms with Crippen LogP contribution in [0.5, 0.6) is 5.75 Å². The molecule has 1 aliphatic heterocycles. The summed E-state index contributed by atoms with van der Waals surface area (Å²) < 4.78 is 7.96. The molecule has 6 nitrogen and oxygen atoms in total. The highest BCUT2D eigenvalue weighted by atomic mass is 16.5. The molecule has 0 radical (unpaired) electrons. The van der Waals surface area contributed by atoms with E-state index in [0.717, 1.165) is 35.9 Å². The van der Waals surface area contributed by atoms with Gasteiger partial charge in [-0.15, -0.1) is 10.2 Å². The molecule has 0 aliphatic carbocycles. The van der Waals surface area contributed by atoms with E-state index < -0.39 is 0 Å². The summed E-state index contributed by atoms with van der Waals surface area (Å²) in [4.78, 5) is 12.1. The number of nitrogens with zero attached hydrogens (tertiary/aromatic N) is 3. The zero-order valence-corrected chi connectivity index (χ0v) is 16.6. The summed E-state index contributed by atoms with van der Waals surface area (Å²) in [5.41, 5.74) is 2.25. The van der Waals surface area contributed by atoms with E-state index in [1.165, 1.54) is 24.8 Å². The van der Waals surface area contributed by atoms with Crippen molar-refractivity contribution in [1.29, 1.82) is 0 Å². The van der Waals surface area contributed by atoms with E-state index in [1.54, 1.807) is 0 Å². The van der Waals surface area contributed by atoms with Gasteiger partial charge in [-0.2, -0.15) is 0 Å². The van der Waals surface area contributed by atoms with Gasteiger partial charge in [0.25, 0.3) is 5.91 Å². The van der Waals surface area contributed by atoms with Gasteiger partial charge in [0.15, 0.2) is 6.61 Å². The van der Waals surface area contributed by atoms with Crippen LogP contribution in [0.2, 0.25) is 0 Å². The van der Waals surface area contributed by atoms with Crippen molar-refractivity contribution >= 4 is 5.91 Å². The number of hydrogen-bond donors (Lipinski definition) is 1. The van der Waals surface area contributed by atoms with E-state index in [2.05, 4.69) is 40.0 Å². The molecule has 2 heterocycles. The van der Waals surface area contributed by atoms with Gasteiger partial charge < -0.3 is 14.6 Å². The standard InChI is InChI=1S/C21H30N4O2/c1-15(2)17-9-8-16(3)18(13-17)27-14-21(26)22-11-10-20-24-23-19-7-5-4-6-12-25(19)20/h8-9,13,15H,4-7,10-12,14H2,1-3H3,(H,22,26). The van der Waals surface area contributed by atoms with Gasteiger partial charge in [0.05, 0.1) is 0 Å². The highest BCUT2D eigenvalue weighted by molar-refractivity contribution is 5.77. The maximum atomic E-state index is 12.1. The zero-order chi connectivity index (χ0) is 19.2. The molecule has 1 N–H and O–H groups in total. The van der Waals surface area contributed by atoms with E-state index in [1.807, 2.05) is 19.1 Å². The number of rotatable bonds is 7. The van der Waals surface area contributed by atoms with Gasteiger partial charge >= 0.3 is 0 Å². The van der Waals surface area contributed by atoms with Gasteiger partial charge in [-0.1, -0.05) is 32.4 Å². The maximum Gasteiger partial charge on any atom is 0.257 e. The number of ether oxygens (including phenoxy) is 1. The van der Waals surface area contributed by atoms with Crippen molar-refractivity contribution in [3.05, 3.63) is 41.0 Å². The third kappa shape index (κ3) is 5.08. The molecule has 0 fully saturated rings. The van der Waals surface area contributed by atoms with E-state index in [-0.39, 0.29) is 12.5 Å².